The van der Waals surface area contributed by atoms with Crippen molar-refractivity contribution in [2.45, 2.75) is 38.5 Å². The lowest BCUT2D eigenvalue weighted by molar-refractivity contribution is -0.121. The fourth-order valence-corrected chi connectivity index (χ4v) is 3.00. The number of nitrogens with zero attached hydrogens (tertiary/aromatic N) is 2. The summed E-state index contributed by atoms with van der Waals surface area (Å²) in [5.41, 5.74) is 2.17. The molecule has 0 aliphatic heterocycles. The van der Waals surface area contributed by atoms with Crippen LogP contribution >= 0.6 is 0 Å². The zero-order valence-electron chi connectivity index (χ0n) is 15.6. The van der Waals surface area contributed by atoms with E-state index in [0.29, 0.717) is 43.5 Å². The molecule has 0 unspecified atom stereocenters. The second-order valence-electron chi connectivity index (χ2n) is 6.54. The molecule has 0 saturated carbocycles. The van der Waals surface area contributed by atoms with E-state index >= 15 is 0 Å². The maximum Gasteiger partial charge on any atom is 0.247 e. The number of carbonyl (C=O) groups is 1. The molecule has 3 rings (SSSR count). The highest BCUT2D eigenvalue weighted by molar-refractivity contribution is 5.75. The van der Waals surface area contributed by atoms with Crippen LogP contribution in [0.3, 0.4) is 0 Å². The molecule has 0 radical (unpaired) electrons. The van der Waals surface area contributed by atoms with E-state index in [4.69, 9.17) is 4.42 Å². The Morgan fingerprint density at radius 2 is 1.74 bits per heavy atom. The lowest BCUT2D eigenvalue weighted by atomic mass is 9.96. The fraction of sp³-hybridized carbons (Fsp3) is 0.318. The van der Waals surface area contributed by atoms with Crippen molar-refractivity contribution in [3.05, 3.63) is 72.1 Å². The summed E-state index contributed by atoms with van der Waals surface area (Å²) < 4.78 is 5.67. The van der Waals surface area contributed by atoms with E-state index in [-0.39, 0.29) is 5.91 Å². The summed E-state index contributed by atoms with van der Waals surface area (Å²) in [4.78, 5) is 12.1. The Labute approximate surface area is 159 Å². The number of carbonyl (C=O) groups excluding carboxylic acids is 1. The molecule has 0 aliphatic carbocycles. The molecule has 27 heavy (non-hydrogen) atoms. The van der Waals surface area contributed by atoms with Crippen LogP contribution in [0.1, 0.15) is 43.6 Å². The summed E-state index contributed by atoms with van der Waals surface area (Å²) in [6, 6.07) is 20.0. The van der Waals surface area contributed by atoms with E-state index < -0.39 is 0 Å². The summed E-state index contributed by atoms with van der Waals surface area (Å²) >= 11 is 0. The van der Waals surface area contributed by atoms with Gasteiger partial charge in [-0.1, -0.05) is 55.5 Å². The standard InChI is InChI=1S/C22H25N3O2/c1-2-17(18-10-5-3-6-11-18)16-23-20(26)14-9-15-21-24-25-22(27-21)19-12-7-4-8-13-19/h3-8,10-13,17H,2,9,14-16H2,1H3,(H,23,26)/t17-/m0/s1. The number of hydrogen-bond acceptors (Lipinski definition) is 4. The molecular formula is C22H25N3O2. The van der Waals surface area contributed by atoms with Crippen molar-refractivity contribution >= 4 is 5.91 Å². The minimum absolute atomic E-state index is 0.0622. The first-order valence-electron chi connectivity index (χ1n) is 9.45. The van der Waals surface area contributed by atoms with Crippen LogP contribution in [0, 0.1) is 0 Å². The van der Waals surface area contributed by atoms with Gasteiger partial charge in [0.05, 0.1) is 0 Å². The summed E-state index contributed by atoms with van der Waals surface area (Å²) in [5, 5.41) is 11.2. The van der Waals surface area contributed by atoms with Gasteiger partial charge in [0.25, 0.3) is 0 Å². The minimum Gasteiger partial charge on any atom is -0.421 e. The molecule has 1 N–H and O–H groups in total. The normalized spacial score (nSPS) is 11.9. The van der Waals surface area contributed by atoms with Gasteiger partial charge in [-0.2, -0.15) is 0 Å². The van der Waals surface area contributed by atoms with Crippen molar-refractivity contribution in [2.75, 3.05) is 6.54 Å². The van der Waals surface area contributed by atoms with Crippen molar-refractivity contribution < 1.29 is 9.21 Å². The van der Waals surface area contributed by atoms with Gasteiger partial charge < -0.3 is 9.73 Å². The average Bonchev–Trinajstić information content (AvgIpc) is 3.19. The molecule has 1 amide bonds. The Morgan fingerprint density at radius 1 is 1.04 bits per heavy atom. The van der Waals surface area contributed by atoms with Crippen LogP contribution in [-0.4, -0.2) is 22.6 Å². The number of hydrogen-bond donors (Lipinski definition) is 1. The molecule has 1 heterocycles. The van der Waals surface area contributed by atoms with Crippen molar-refractivity contribution in [3.8, 4) is 11.5 Å². The van der Waals surface area contributed by atoms with Crippen LogP contribution in [0.15, 0.2) is 65.1 Å². The predicted molar refractivity (Wildman–Crippen MR) is 105 cm³/mol. The third-order valence-corrected chi connectivity index (χ3v) is 4.59. The van der Waals surface area contributed by atoms with Gasteiger partial charge in [0.2, 0.25) is 17.7 Å². The zero-order chi connectivity index (χ0) is 18.9. The molecule has 1 atom stereocenters. The summed E-state index contributed by atoms with van der Waals surface area (Å²) in [7, 11) is 0. The fourth-order valence-electron chi connectivity index (χ4n) is 3.00. The average molecular weight is 363 g/mol. The predicted octanol–water partition coefficient (Wildman–Crippen LogP) is 4.37. The molecule has 5 nitrogen and oxygen atoms in total. The summed E-state index contributed by atoms with van der Waals surface area (Å²) in [5.74, 6) is 1.49. The van der Waals surface area contributed by atoms with Crippen molar-refractivity contribution in [2.24, 2.45) is 0 Å². The van der Waals surface area contributed by atoms with Gasteiger partial charge in [0, 0.05) is 30.9 Å². The second kappa shape index (κ2) is 9.67. The molecule has 0 fully saturated rings. The highest BCUT2D eigenvalue weighted by atomic mass is 16.4. The molecule has 2 aromatic carbocycles. The third-order valence-electron chi connectivity index (χ3n) is 4.59. The quantitative estimate of drug-likeness (QED) is 0.613. The highest BCUT2D eigenvalue weighted by Crippen LogP contribution is 2.19. The van der Waals surface area contributed by atoms with Crippen LogP contribution in [0.5, 0.6) is 0 Å². The van der Waals surface area contributed by atoms with Gasteiger partial charge >= 0.3 is 0 Å². The van der Waals surface area contributed by atoms with Crippen LogP contribution in [-0.2, 0) is 11.2 Å². The number of aromatic nitrogens is 2. The first-order chi connectivity index (χ1) is 13.3. The van der Waals surface area contributed by atoms with Crippen molar-refractivity contribution in [1.29, 1.82) is 0 Å². The van der Waals surface area contributed by atoms with Gasteiger partial charge in [-0.15, -0.1) is 10.2 Å². The van der Waals surface area contributed by atoms with E-state index in [0.717, 1.165) is 12.0 Å². The van der Waals surface area contributed by atoms with Gasteiger partial charge in [0.1, 0.15) is 0 Å². The Bertz CT molecular complexity index is 831. The Hall–Kier alpha value is -2.95. The number of amides is 1. The van der Waals surface area contributed by atoms with Gasteiger partial charge in [-0.25, -0.2) is 0 Å². The smallest absolute Gasteiger partial charge is 0.247 e. The Balaban J connectivity index is 1.41. The van der Waals surface area contributed by atoms with Crippen molar-refractivity contribution in [3.63, 3.8) is 0 Å². The topological polar surface area (TPSA) is 68.0 Å². The lowest BCUT2D eigenvalue weighted by Crippen LogP contribution is -2.28. The monoisotopic (exact) mass is 363 g/mol. The van der Waals surface area contributed by atoms with Crippen LogP contribution < -0.4 is 5.32 Å². The van der Waals surface area contributed by atoms with E-state index in [2.05, 4.69) is 34.6 Å². The molecule has 1 aromatic heterocycles. The number of rotatable bonds is 9. The van der Waals surface area contributed by atoms with E-state index in [9.17, 15) is 4.79 Å². The first-order valence-corrected chi connectivity index (χ1v) is 9.45. The molecular weight excluding hydrogens is 338 g/mol. The highest BCUT2D eigenvalue weighted by Gasteiger charge is 2.12. The van der Waals surface area contributed by atoms with Crippen LogP contribution in [0.4, 0.5) is 0 Å². The van der Waals surface area contributed by atoms with Crippen LogP contribution in [0.25, 0.3) is 11.5 Å². The van der Waals surface area contributed by atoms with E-state index in [1.54, 1.807) is 0 Å². The molecule has 5 heteroatoms. The maximum absolute atomic E-state index is 12.1. The van der Waals surface area contributed by atoms with Crippen LogP contribution in [0.2, 0.25) is 0 Å². The largest absolute Gasteiger partial charge is 0.421 e. The van der Waals surface area contributed by atoms with Gasteiger partial charge in [-0.05, 0) is 30.5 Å². The number of benzene rings is 2. The Kier molecular flexibility index (Phi) is 6.74. The van der Waals surface area contributed by atoms with Gasteiger partial charge in [0.15, 0.2) is 0 Å². The molecule has 3 aromatic rings. The number of aryl methyl sites for hydroxylation is 1. The summed E-state index contributed by atoms with van der Waals surface area (Å²) in [6.07, 6.45) is 2.73. The first kappa shape index (κ1) is 18.8. The minimum atomic E-state index is 0.0622. The molecule has 140 valence electrons. The van der Waals surface area contributed by atoms with Crippen molar-refractivity contribution in [1.82, 2.24) is 15.5 Å². The molecule has 0 spiro atoms. The third kappa shape index (κ3) is 5.51. The second-order valence-corrected chi connectivity index (χ2v) is 6.54. The van der Waals surface area contributed by atoms with E-state index in [1.807, 2.05) is 48.5 Å². The molecule has 0 aliphatic rings. The zero-order valence-corrected chi connectivity index (χ0v) is 15.6. The molecule has 0 saturated heterocycles. The SMILES string of the molecule is CC[C@@H](CNC(=O)CCCc1nnc(-c2ccccc2)o1)c1ccccc1. The Morgan fingerprint density at radius 3 is 2.44 bits per heavy atom. The van der Waals surface area contributed by atoms with E-state index in [1.165, 1.54) is 5.56 Å². The number of nitrogens with one attached hydrogen (secondary N) is 1. The van der Waals surface area contributed by atoms with Gasteiger partial charge in [-0.3, -0.25) is 4.79 Å². The maximum atomic E-state index is 12.1. The molecule has 0 bridgehead atoms. The lowest BCUT2D eigenvalue weighted by Gasteiger charge is -2.16. The summed E-state index contributed by atoms with van der Waals surface area (Å²) in [6.45, 7) is 2.81.